The van der Waals surface area contributed by atoms with E-state index in [9.17, 15) is 0 Å². The lowest BCUT2D eigenvalue weighted by Gasteiger charge is -2.06. The van der Waals surface area contributed by atoms with Gasteiger partial charge < -0.3 is 5.32 Å². The Morgan fingerprint density at radius 3 is 3.12 bits per heavy atom. The maximum absolute atomic E-state index is 4.44. The number of aromatic nitrogens is 1. The smallest absolute Gasteiger partial charge is 0.161 e. The summed E-state index contributed by atoms with van der Waals surface area (Å²) in [5.74, 6) is 0. The van der Waals surface area contributed by atoms with Gasteiger partial charge in [0.1, 0.15) is 0 Å². The molecule has 0 radical (unpaired) electrons. The van der Waals surface area contributed by atoms with Gasteiger partial charge in [0.25, 0.3) is 0 Å². The molecular weight excluding hydrogens is 230 g/mol. The summed E-state index contributed by atoms with van der Waals surface area (Å²) >= 11 is 1.79. The largest absolute Gasteiger partial charge is 0.335 e. The fourth-order valence-corrected chi connectivity index (χ4v) is 2.68. The normalized spacial score (nSPS) is 19.4. The van der Waals surface area contributed by atoms with E-state index >= 15 is 0 Å². The number of anilines is 1. The number of benzene rings is 1. The highest BCUT2D eigenvalue weighted by Crippen LogP contribution is 2.23. The molecule has 1 aromatic heterocycles. The number of fused-ring (bicyclic) bond motifs is 1. The molecule has 1 aromatic carbocycles. The molecule has 3 nitrogen and oxygen atoms in total. The van der Waals surface area contributed by atoms with Gasteiger partial charge in [-0.1, -0.05) is 24.8 Å². The number of thioether (sulfide) groups is 1. The highest BCUT2D eigenvalue weighted by atomic mass is 32.2. The van der Waals surface area contributed by atoms with E-state index in [0.29, 0.717) is 5.25 Å². The van der Waals surface area contributed by atoms with E-state index < -0.39 is 0 Å². The Labute approximate surface area is 104 Å². The average molecular weight is 243 g/mol. The zero-order valence-corrected chi connectivity index (χ0v) is 10.4. The lowest BCUT2D eigenvalue weighted by Crippen LogP contribution is -2.05. The van der Waals surface area contributed by atoms with Crippen molar-refractivity contribution >= 4 is 33.5 Å². The monoisotopic (exact) mass is 243 g/mol. The van der Waals surface area contributed by atoms with Crippen LogP contribution in [-0.4, -0.2) is 21.9 Å². The Morgan fingerprint density at radius 1 is 1.35 bits per heavy atom. The third kappa shape index (κ3) is 2.26. The van der Waals surface area contributed by atoms with Gasteiger partial charge in [0.05, 0.1) is 12.1 Å². The third-order valence-electron chi connectivity index (χ3n) is 2.66. The molecule has 0 spiro atoms. The number of nitrogens with zero attached hydrogens (tertiary/aromatic N) is 2. The first-order valence-electron chi connectivity index (χ1n) is 5.64. The van der Waals surface area contributed by atoms with Crippen molar-refractivity contribution in [1.82, 2.24) is 4.98 Å². The van der Waals surface area contributed by atoms with Crippen molar-refractivity contribution < 1.29 is 0 Å². The molecule has 0 saturated carbocycles. The zero-order valence-electron chi connectivity index (χ0n) is 9.55. The molecular formula is C13H13N3S. The van der Waals surface area contributed by atoms with Gasteiger partial charge in [-0.2, -0.15) is 0 Å². The van der Waals surface area contributed by atoms with E-state index in [1.165, 1.54) is 0 Å². The van der Waals surface area contributed by atoms with Gasteiger partial charge in [0.15, 0.2) is 5.17 Å². The van der Waals surface area contributed by atoms with Crippen LogP contribution < -0.4 is 5.32 Å². The second-order valence-electron chi connectivity index (χ2n) is 4.11. The average Bonchev–Trinajstić information content (AvgIpc) is 2.75. The molecule has 17 heavy (non-hydrogen) atoms. The van der Waals surface area contributed by atoms with Gasteiger partial charge >= 0.3 is 0 Å². The number of amidine groups is 1. The summed E-state index contributed by atoms with van der Waals surface area (Å²) in [5, 5.41) is 6.09. The maximum atomic E-state index is 4.44. The van der Waals surface area contributed by atoms with Crippen molar-refractivity contribution in [2.45, 2.75) is 12.2 Å². The minimum absolute atomic E-state index is 0.583. The number of aliphatic imine (C=N–C) groups is 1. The Kier molecular flexibility index (Phi) is 2.73. The molecule has 1 N–H and O–H groups in total. The van der Waals surface area contributed by atoms with Crippen molar-refractivity contribution in [2.75, 3.05) is 11.9 Å². The number of hydrogen-bond acceptors (Lipinski definition) is 4. The highest BCUT2D eigenvalue weighted by molar-refractivity contribution is 8.15. The Hall–Kier alpha value is -1.55. The summed E-state index contributed by atoms with van der Waals surface area (Å²) in [6.07, 6.45) is 1.81. The van der Waals surface area contributed by atoms with Crippen molar-refractivity contribution in [1.29, 1.82) is 0 Å². The van der Waals surface area contributed by atoms with Crippen molar-refractivity contribution in [2.24, 2.45) is 4.99 Å². The number of nitrogens with one attached hydrogen (secondary N) is 1. The van der Waals surface area contributed by atoms with Gasteiger partial charge in [-0.15, -0.1) is 0 Å². The van der Waals surface area contributed by atoms with E-state index in [-0.39, 0.29) is 0 Å². The molecule has 1 unspecified atom stereocenters. The molecule has 0 aliphatic carbocycles. The fourth-order valence-electron chi connectivity index (χ4n) is 1.82. The Morgan fingerprint density at radius 2 is 2.29 bits per heavy atom. The summed E-state index contributed by atoms with van der Waals surface area (Å²) in [4.78, 5) is 8.75. The van der Waals surface area contributed by atoms with Crippen LogP contribution in [0.4, 0.5) is 5.69 Å². The molecule has 2 heterocycles. The van der Waals surface area contributed by atoms with Crippen LogP contribution in [0.3, 0.4) is 0 Å². The molecule has 0 amide bonds. The SMILES string of the molecule is CC1CN=C(Nc2ccc3ncccc3c2)S1. The maximum Gasteiger partial charge on any atom is 0.161 e. The quantitative estimate of drug-likeness (QED) is 0.836. The fraction of sp³-hybridized carbons (Fsp3) is 0.231. The first-order chi connectivity index (χ1) is 8.31. The van der Waals surface area contributed by atoms with Gasteiger partial charge in [0, 0.05) is 22.5 Å². The molecule has 0 bridgehead atoms. The Balaban J connectivity index is 1.86. The summed E-state index contributed by atoms with van der Waals surface area (Å²) in [6, 6.07) is 10.2. The van der Waals surface area contributed by atoms with E-state index in [1.807, 2.05) is 24.4 Å². The summed E-state index contributed by atoms with van der Waals surface area (Å²) in [5.41, 5.74) is 2.10. The standard InChI is InChI=1S/C13H13N3S/c1-9-8-15-13(17-9)16-11-4-5-12-10(7-11)3-2-6-14-12/h2-7,9H,8H2,1H3,(H,15,16). The molecule has 2 aromatic rings. The summed E-state index contributed by atoms with van der Waals surface area (Å²) in [6.45, 7) is 3.09. The second-order valence-corrected chi connectivity index (χ2v) is 5.54. The first kappa shape index (κ1) is 10.6. The second kappa shape index (κ2) is 4.37. The molecule has 0 saturated heterocycles. The number of pyridine rings is 1. The third-order valence-corrected chi connectivity index (χ3v) is 3.66. The molecule has 86 valence electrons. The molecule has 1 aliphatic heterocycles. The van der Waals surface area contributed by atoms with Crippen LogP contribution in [0.5, 0.6) is 0 Å². The minimum Gasteiger partial charge on any atom is -0.335 e. The van der Waals surface area contributed by atoms with Crippen molar-refractivity contribution in [3.05, 3.63) is 36.5 Å². The van der Waals surface area contributed by atoms with Crippen LogP contribution in [0.15, 0.2) is 41.5 Å². The van der Waals surface area contributed by atoms with Gasteiger partial charge in [0.2, 0.25) is 0 Å². The lowest BCUT2D eigenvalue weighted by atomic mass is 10.2. The lowest BCUT2D eigenvalue weighted by molar-refractivity contribution is 0.976. The predicted octanol–water partition coefficient (Wildman–Crippen LogP) is 3.14. The Bertz CT molecular complexity index is 580. The number of rotatable bonds is 1. The molecule has 4 heteroatoms. The molecule has 0 fully saturated rings. The number of hydrogen-bond donors (Lipinski definition) is 1. The highest BCUT2D eigenvalue weighted by Gasteiger charge is 2.14. The molecule has 3 rings (SSSR count). The summed E-state index contributed by atoms with van der Waals surface area (Å²) in [7, 11) is 0. The van der Waals surface area contributed by atoms with Crippen LogP contribution in [0, 0.1) is 0 Å². The van der Waals surface area contributed by atoms with Gasteiger partial charge in [-0.05, 0) is 24.3 Å². The van der Waals surface area contributed by atoms with Crippen LogP contribution >= 0.6 is 11.8 Å². The predicted molar refractivity (Wildman–Crippen MR) is 74.7 cm³/mol. The van der Waals surface area contributed by atoms with Crippen LogP contribution in [0.1, 0.15) is 6.92 Å². The molecule has 1 aliphatic rings. The van der Waals surface area contributed by atoms with Crippen LogP contribution in [0.2, 0.25) is 0 Å². The first-order valence-corrected chi connectivity index (χ1v) is 6.52. The molecule has 1 atom stereocenters. The van der Waals surface area contributed by atoms with Crippen LogP contribution in [0.25, 0.3) is 10.9 Å². The van der Waals surface area contributed by atoms with Crippen molar-refractivity contribution in [3.63, 3.8) is 0 Å². The van der Waals surface area contributed by atoms with E-state index in [2.05, 4.69) is 34.3 Å². The summed E-state index contributed by atoms with van der Waals surface area (Å²) < 4.78 is 0. The van der Waals surface area contributed by atoms with Gasteiger partial charge in [-0.3, -0.25) is 9.98 Å². The topological polar surface area (TPSA) is 37.3 Å². The zero-order chi connectivity index (χ0) is 11.7. The van der Waals surface area contributed by atoms with E-state index in [4.69, 9.17) is 0 Å². The minimum atomic E-state index is 0.583. The van der Waals surface area contributed by atoms with Gasteiger partial charge in [-0.25, -0.2) is 0 Å². The van der Waals surface area contributed by atoms with Crippen molar-refractivity contribution in [3.8, 4) is 0 Å². The van der Waals surface area contributed by atoms with E-state index in [0.717, 1.165) is 28.3 Å². The van der Waals surface area contributed by atoms with E-state index in [1.54, 1.807) is 11.8 Å². The van der Waals surface area contributed by atoms with Crippen LogP contribution in [-0.2, 0) is 0 Å².